The summed E-state index contributed by atoms with van der Waals surface area (Å²) in [7, 11) is 3.49. The fourth-order valence-corrected chi connectivity index (χ4v) is 2.43. The first-order valence-electron chi connectivity index (χ1n) is 5.73. The van der Waals surface area contributed by atoms with E-state index in [2.05, 4.69) is 18.9 Å². The Morgan fingerprint density at radius 1 is 1.41 bits per heavy atom. The lowest BCUT2D eigenvalue weighted by molar-refractivity contribution is -0.116. The van der Waals surface area contributed by atoms with Crippen LogP contribution in [-0.4, -0.2) is 22.7 Å². The second-order valence-electron chi connectivity index (χ2n) is 5.34. The van der Waals surface area contributed by atoms with E-state index in [9.17, 15) is 4.79 Å². The minimum atomic E-state index is 0.0104. The summed E-state index contributed by atoms with van der Waals surface area (Å²) in [5.41, 5.74) is 1.94. The van der Waals surface area contributed by atoms with Crippen LogP contribution in [-0.2, 0) is 11.8 Å². The van der Waals surface area contributed by atoms with Gasteiger partial charge in [0.15, 0.2) is 11.5 Å². The molecule has 17 heavy (non-hydrogen) atoms. The van der Waals surface area contributed by atoms with Gasteiger partial charge in [-0.3, -0.25) is 9.48 Å². The Morgan fingerprint density at radius 2 is 2.12 bits per heavy atom. The van der Waals surface area contributed by atoms with Gasteiger partial charge in [-0.15, -0.1) is 0 Å². The third-order valence-corrected chi connectivity index (χ3v) is 3.09. The van der Waals surface area contributed by atoms with Crippen LogP contribution in [0, 0.1) is 5.41 Å². The largest absolute Gasteiger partial charge is 0.493 e. The topological polar surface area (TPSA) is 44.1 Å². The first kappa shape index (κ1) is 11.9. The van der Waals surface area contributed by atoms with Crippen LogP contribution in [0.4, 0.5) is 0 Å². The molecule has 4 nitrogen and oxygen atoms in total. The van der Waals surface area contributed by atoms with Crippen LogP contribution >= 0.6 is 0 Å². The third-order valence-electron chi connectivity index (χ3n) is 3.09. The van der Waals surface area contributed by atoms with Crippen molar-refractivity contribution < 1.29 is 9.53 Å². The molecule has 0 amide bonds. The van der Waals surface area contributed by atoms with Crippen molar-refractivity contribution in [3.63, 3.8) is 0 Å². The lowest BCUT2D eigenvalue weighted by Crippen LogP contribution is -2.22. The lowest BCUT2D eigenvalue weighted by atomic mass is 9.76. The van der Waals surface area contributed by atoms with Gasteiger partial charge >= 0.3 is 0 Å². The van der Waals surface area contributed by atoms with E-state index in [0.717, 1.165) is 23.4 Å². The number of ketones is 1. The molecule has 1 aromatic heterocycles. The molecule has 0 radical (unpaired) electrons. The van der Waals surface area contributed by atoms with Crippen molar-refractivity contribution in [3.8, 4) is 5.75 Å². The number of hydrogen-bond donors (Lipinski definition) is 0. The Kier molecular flexibility index (Phi) is 2.81. The van der Waals surface area contributed by atoms with Crippen LogP contribution < -0.4 is 4.74 Å². The summed E-state index contributed by atoms with van der Waals surface area (Å²) >= 11 is 0. The summed E-state index contributed by atoms with van der Waals surface area (Å²) in [6.07, 6.45) is 4.89. The van der Waals surface area contributed by atoms with Crippen LogP contribution in [0.1, 0.15) is 32.4 Å². The van der Waals surface area contributed by atoms with E-state index < -0.39 is 0 Å². The van der Waals surface area contributed by atoms with Crippen molar-refractivity contribution in [2.24, 2.45) is 12.5 Å². The highest BCUT2D eigenvalue weighted by molar-refractivity contribution is 5.99. The van der Waals surface area contributed by atoms with Crippen molar-refractivity contribution in [3.05, 3.63) is 18.0 Å². The molecule has 0 aliphatic heterocycles. The van der Waals surface area contributed by atoms with Crippen molar-refractivity contribution >= 4 is 11.4 Å². The lowest BCUT2D eigenvalue weighted by Gasteiger charge is -2.29. The summed E-state index contributed by atoms with van der Waals surface area (Å²) in [6.45, 7) is 4.22. The summed E-state index contributed by atoms with van der Waals surface area (Å²) in [5, 5.41) is 4.17. The van der Waals surface area contributed by atoms with Gasteiger partial charge in [0.25, 0.3) is 0 Å². The van der Waals surface area contributed by atoms with Crippen LogP contribution in [0.3, 0.4) is 0 Å². The Labute approximate surface area is 101 Å². The molecule has 0 spiro atoms. The second-order valence-corrected chi connectivity index (χ2v) is 5.34. The number of rotatable bonds is 2. The predicted octanol–water partition coefficient (Wildman–Crippen LogP) is 2.20. The summed E-state index contributed by atoms with van der Waals surface area (Å²) < 4.78 is 7.05. The van der Waals surface area contributed by atoms with E-state index in [1.807, 2.05) is 7.05 Å². The Morgan fingerprint density at radius 3 is 2.71 bits per heavy atom. The maximum atomic E-state index is 11.7. The molecule has 4 heteroatoms. The molecular formula is C13H18N2O2. The highest BCUT2D eigenvalue weighted by Gasteiger charge is 2.30. The second kappa shape index (κ2) is 4.02. The van der Waals surface area contributed by atoms with Crippen LogP contribution in [0.15, 0.2) is 12.3 Å². The van der Waals surface area contributed by atoms with Crippen LogP contribution in [0.2, 0.25) is 0 Å². The Balaban J connectivity index is 2.46. The number of carbonyl (C=O) groups is 1. The molecule has 1 aromatic rings. The third kappa shape index (κ3) is 2.25. The maximum absolute atomic E-state index is 11.7. The number of aromatic nitrogens is 2. The quantitative estimate of drug-likeness (QED) is 0.788. The molecular weight excluding hydrogens is 216 g/mol. The van der Waals surface area contributed by atoms with E-state index in [-0.39, 0.29) is 11.2 Å². The molecule has 0 atom stereocenters. The smallest absolute Gasteiger partial charge is 0.164 e. The number of nitrogens with zero attached hydrogens (tertiary/aromatic N) is 2. The van der Waals surface area contributed by atoms with Gasteiger partial charge in [-0.1, -0.05) is 13.8 Å². The highest BCUT2D eigenvalue weighted by Crippen LogP contribution is 2.40. The Bertz CT molecular complexity index is 484. The van der Waals surface area contributed by atoms with Crippen molar-refractivity contribution in [1.82, 2.24) is 9.78 Å². The summed E-state index contributed by atoms with van der Waals surface area (Å²) in [6, 6.07) is 0. The average Bonchev–Trinajstić information content (AvgIpc) is 2.56. The molecule has 1 aliphatic carbocycles. The fourth-order valence-electron chi connectivity index (χ4n) is 2.43. The molecule has 0 N–H and O–H groups in total. The van der Waals surface area contributed by atoms with Crippen molar-refractivity contribution in [1.29, 1.82) is 0 Å². The predicted molar refractivity (Wildman–Crippen MR) is 65.8 cm³/mol. The van der Waals surface area contributed by atoms with E-state index >= 15 is 0 Å². The molecule has 1 heterocycles. The zero-order valence-electron chi connectivity index (χ0n) is 10.8. The van der Waals surface area contributed by atoms with Crippen LogP contribution in [0.25, 0.3) is 5.57 Å². The molecule has 0 saturated heterocycles. The van der Waals surface area contributed by atoms with Gasteiger partial charge in [0.2, 0.25) is 0 Å². The first-order valence-corrected chi connectivity index (χ1v) is 5.73. The molecule has 2 rings (SSSR count). The van der Waals surface area contributed by atoms with E-state index in [4.69, 9.17) is 4.74 Å². The monoisotopic (exact) mass is 234 g/mol. The number of aryl methyl sites for hydroxylation is 1. The number of ether oxygens (including phenoxy) is 1. The summed E-state index contributed by atoms with van der Waals surface area (Å²) in [5.74, 6) is 0.906. The number of carbonyl (C=O) groups excluding carboxylic acids is 1. The van der Waals surface area contributed by atoms with Crippen molar-refractivity contribution in [2.75, 3.05) is 7.11 Å². The molecule has 0 aromatic carbocycles. The van der Waals surface area contributed by atoms with E-state index in [0.29, 0.717) is 6.42 Å². The molecule has 92 valence electrons. The standard InChI is InChI=1S/C13H18N2O2/c1-13(2)6-9(5-10(16)7-13)12-11(17-4)8-14-15(12)3/h5,8H,6-7H2,1-4H3. The van der Waals surface area contributed by atoms with Gasteiger partial charge in [0, 0.05) is 13.5 Å². The number of methoxy groups -OCH3 is 1. The molecule has 0 fully saturated rings. The maximum Gasteiger partial charge on any atom is 0.164 e. The minimum absolute atomic E-state index is 0.0104. The van der Waals surface area contributed by atoms with Gasteiger partial charge in [-0.05, 0) is 23.5 Å². The number of hydrogen-bond acceptors (Lipinski definition) is 3. The fraction of sp³-hybridized carbons (Fsp3) is 0.538. The first-order chi connectivity index (χ1) is 7.93. The average molecular weight is 234 g/mol. The van der Waals surface area contributed by atoms with E-state index in [1.165, 1.54) is 0 Å². The SMILES string of the molecule is COc1cnn(C)c1C1=CC(=O)CC(C)(C)C1. The van der Waals surface area contributed by atoms with Crippen LogP contribution in [0.5, 0.6) is 5.75 Å². The van der Waals surface area contributed by atoms with Gasteiger partial charge in [0.05, 0.1) is 13.3 Å². The van der Waals surface area contributed by atoms with E-state index in [1.54, 1.807) is 24.1 Å². The molecule has 0 unspecified atom stereocenters. The van der Waals surface area contributed by atoms with Gasteiger partial charge in [-0.2, -0.15) is 5.10 Å². The molecule has 0 bridgehead atoms. The zero-order chi connectivity index (χ0) is 12.6. The highest BCUT2D eigenvalue weighted by atomic mass is 16.5. The number of allylic oxidation sites excluding steroid dienone is 2. The Hall–Kier alpha value is -1.58. The normalized spacial score (nSPS) is 19.1. The minimum Gasteiger partial charge on any atom is -0.493 e. The van der Waals surface area contributed by atoms with Gasteiger partial charge in [0.1, 0.15) is 5.69 Å². The van der Waals surface area contributed by atoms with Gasteiger partial charge < -0.3 is 4.74 Å². The molecule has 1 aliphatic rings. The zero-order valence-corrected chi connectivity index (χ0v) is 10.8. The van der Waals surface area contributed by atoms with Crippen molar-refractivity contribution in [2.45, 2.75) is 26.7 Å². The van der Waals surface area contributed by atoms with Gasteiger partial charge in [-0.25, -0.2) is 0 Å². The summed E-state index contributed by atoms with van der Waals surface area (Å²) in [4.78, 5) is 11.7. The molecule has 0 saturated carbocycles.